The second-order valence-electron chi connectivity index (χ2n) is 6.39. The minimum Gasteiger partial charge on any atom is -0.320 e. The highest BCUT2D eigenvalue weighted by Gasteiger charge is 2.13. The molecule has 0 aliphatic rings. The lowest BCUT2D eigenvalue weighted by Crippen LogP contribution is -2.39. The van der Waals surface area contributed by atoms with E-state index in [1.165, 1.54) is 5.56 Å². The summed E-state index contributed by atoms with van der Waals surface area (Å²) in [5, 5.41) is 5.22. The normalized spacial score (nSPS) is 11.0. The highest BCUT2D eigenvalue weighted by molar-refractivity contribution is 6.01. The number of fused-ring (bicyclic) bond motifs is 1. The summed E-state index contributed by atoms with van der Waals surface area (Å²) in [5.74, 6) is 0.579. The molecule has 0 radical (unpaired) electrons. The molecule has 0 aliphatic carbocycles. The van der Waals surface area contributed by atoms with Crippen LogP contribution in [0.3, 0.4) is 0 Å². The number of nitrogens with zero attached hydrogens (tertiary/aromatic N) is 1. The summed E-state index contributed by atoms with van der Waals surface area (Å²) in [6, 6.07) is 18.3. The van der Waals surface area contributed by atoms with Gasteiger partial charge in [0, 0.05) is 23.2 Å². The fraction of sp³-hybridized carbons (Fsp3) is 0.273. The Labute approximate surface area is 149 Å². The number of benzene rings is 2. The minimum absolute atomic E-state index is 0.0170. The average molecular weight is 333 g/mol. The van der Waals surface area contributed by atoms with Gasteiger partial charge in [-0.05, 0) is 35.8 Å². The number of hydrogen-bond donors (Lipinski definition) is 1. The zero-order valence-electron chi connectivity index (χ0n) is 14.9. The third-order valence-electron chi connectivity index (χ3n) is 4.76. The second kappa shape index (κ2) is 7.93. The molecule has 0 saturated carbocycles. The maximum absolute atomic E-state index is 12.4. The van der Waals surface area contributed by atoms with Crippen molar-refractivity contribution in [2.24, 2.45) is 0 Å². The van der Waals surface area contributed by atoms with Gasteiger partial charge in [0.15, 0.2) is 12.4 Å². The lowest BCUT2D eigenvalue weighted by atomic mass is 9.95. The van der Waals surface area contributed by atoms with Crippen LogP contribution in [0.2, 0.25) is 0 Å². The Morgan fingerprint density at radius 3 is 2.36 bits per heavy atom. The fourth-order valence-corrected chi connectivity index (χ4v) is 3.30. The maximum Gasteiger partial charge on any atom is 0.290 e. The Kier molecular flexibility index (Phi) is 5.44. The number of carbonyl (C=O) groups excluding carboxylic acids is 1. The van der Waals surface area contributed by atoms with Crippen molar-refractivity contribution >= 4 is 22.4 Å². The highest BCUT2D eigenvalue weighted by atomic mass is 16.1. The average Bonchev–Trinajstić information content (AvgIpc) is 2.64. The van der Waals surface area contributed by atoms with Crippen LogP contribution in [-0.2, 0) is 11.3 Å². The number of amides is 1. The molecule has 0 saturated heterocycles. The van der Waals surface area contributed by atoms with Crippen molar-refractivity contribution < 1.29 is 9.36 Å². The molecular formula is C22H25N2O+. The smallest absolute Gasteiger partial charge is 0.290 e. The van der Waals surface area contributed by atoms with E-state index in [-0.39, 0.29) is 5.91 Å². The van der Waals surface area contributed by atoms with Gasteiger partial charge >= 0.3 is 0 Å². The first kappa shape index (κ1) is 17.2. The number of aromatic nitrogens is 1. The Morgan fingerprint density at radius 2 is 1.64 bits per heavy atom. The molecule has 0 bridgehead atoms. The lowest BCUT2D eigenvalue weighted by Gasteiger charge is -2.11. The Morgan fingerprint density at radius 1 is 0.960 bits per heavy atom. The molecule has 3 aromatic rings. The van der Waals surface area contributed by atoms with Gasteiger partial charge in [0.05, 0.1) is 0 Å². The molecule has 3 rings (SSSR count). The molecule has 0 spiro atoms. The Balaban J connectivity index is 1.70. The monoisotopic (exact) mass is 333 g/mol. The first-order chi connectivity index (χ1) is 12.2. The molecule has 0 atom stereocenters. The first-order valence-corrected chi connectivity index (χ1v) is 8.98. The van der Waals surface area contributed by atoms with Crippen LogP contribution in [0.5, 0.6) is 0 Å². The summed E-state index contributed by atoms with van der Waals surface area (Å²) in [7, 11) is 0. The van der Waals surface area contributed by atoms with Crippen LogP contribution < -0.4 is 9.88 Å². The number of nitrogens with one attached hydrogen (secondary N) is 1. The van der Waals surface area contributed by atoms with Crippen LogP contribution in [0.25, 0.3) is 10.8 Å². The molecule has 3 nitrogen and oxygen atoms in total. The van der Waals surface area contributed by atoms with Crippen molar-refractivity contribution in [1.82, 2.24) is 0 Å². The summed E-state index contributed by atoms with van der Waals surface area (Å²) in [5.41, 5.74) is 2.20. The van der Waals surface area contributed by atoms with Crippen LogP contribution in [0.15, 0.2) is 67.0 Å². The molecule has 1 N–H and O–H groups in total. The van der Waals surface area contributed by atoms with E-state index in [1.54, 1.807) is 0 Å². The largest absolute Gasteiger partial charge is 0.320 e. The fourth-order valence-electron chi connectivity index (χ4n) is 3.30. The molecular weight excluding hydrogens is 308 g/mol. The zero-order valence-corrected chi connectivity index (χ0v) is 14.9. The van der Waals surface area contributed by atoms with Crippen molar-refractivity contribution in [3.63, 3.8) is 0 Å². The van der Waals surface area contributed by atoms with Gasteiger partial charge in [-0.2, -0.15) is 4.57 Å². The van der Waals surface area contributed by atoms with Gasteiger partial charge in [0.1, 0.15) is 0 Å². The van der Waals surface area contributed by atoms with Gasteiger partial charge in [-0.15, -0.1) is 0 Å². The predicted molar refractivity (Wildman–Crippen MR) is 103 cm³/mol. The lowest BCUT2D eigenvalue weighted by molar-refractivity contribution is -0.684. The summed E-state index contributed by atoms with van der Waals surface area (Å²) in [6.45, 7) is 4.74. The van der Waals surface area contributed by atoms with Crippen LogP contribution in [0.4, 0.5) is 5.69 Å². The number of rotatable bonds is 6. The highest BCUT2D eigenvalue weighted by Crippen LogP contribution is 2.23. The van der Waals surface area contributed by atoms with Gasteiger partial charge < -0.3 is 5.32 Å². The zero-order chi connectivity index (χ0) is 17.6. The second-order valence-corrected chi connectivity index (χ2v) is 6.39. The maximum atomic E-state index is 12.4. The van der Waals surface area contributed by atoms with Gasteiger partial charge in [-0.25, -0.2) is 0 Å². The van der Waals surface area contributed by atoms with Gasteiger partial charge in [0.2, 0.25) is 6.54 Å². The third-order valence-corrected chi connectivity index (χ3v) is 4.76. The molecule has 0 fully saturated rings. The van der Waals surface area contributed by atoms with E-state index < -0.39 is 0 Å². The van der Waals surface area contributed by atoms with E-state index >= 15 is 0 Å². The molecule has 1 heterocycles. The third kappa shape index (κ3) is 4.05. The topological polar surface area (TPSA) is 33.0 Å². The van der Waals surface area contributed by atoms with Gasteiger partial charge in [-0.3, -0.25) is 4.79 Å². The van der Waals surface area contributed by atoms with E-state index in [1.807, 2.05) is 47.3 Å². The summed E-state index contributed by atoms with van der Waals surface area (Å²) < 4.78 is 1.92. The van der Waals surface area contributed by atoms with E-state index in [9.17, 15) is 4.79 Å². The van der Waals surface area contributed by atoms with Crippen LogP contribution in [0, 0.1) is 0 Å². The standard InChI is InChI=1S/C22H24N2O/c1-3-17(4-2)18-12-14-24(15-13-18)16-22(25)23-21-11-7-9-19-8-5-6-10-20(19)21/h5-15,17H,3-4,16H2,1-2H3/p+1. The minimum atomic E-state index is -0.0170. The predicted octanol–water partition coefficient (Wildman–Crippen LogP) is 4.67. The quantitative estimate of drug-likeness (QED) is 0.653. The summed E-state index contributed by atoms with van der Waals surface area (Å²) in [4.78, 5) is 12.4. The molecule has 25 heavy (non-hydrogen) atoms. The van der Waals surface area contributed by atoms with Crippen molar-refractivity contribution in [2.75, 3.05) is 5.32 Å². The molecule has 0 aliphatic heterocycles. The van der Waals surface area contributed by atoms with E-state index in [4.69, 9.17) is 0 Å². The molecule has 128 valence electrons. The van der Waals surface area contributed by atoms with Gasteiger partial charge in [0.25, 0.3) is 5.91 Å². The van der Waals surface area contributed by atoms with Crippen molar-refractivity contribution in [2.45, 2.75) is 39.2 Å². The van der Waals surface area contributed by atoms with Crippen LogP contribution >= 0.6 is 0 Å². The van der Waals surface area contributed by atoms with Crippen molar-refractivity contribution in [3.8, 4) is 0 Å². The summed E-state index contributed by atoms with van der Waals surface area (Å²) in [6.07, 6.45) is 6.27. The van der Waals surface area contributed by atoms with Crippen LogP contribution in [-0.4, -0.2) is 5.91 Å². The Hall–Kier alpha value is -2.68. The SMILES string of the molecule is CCC(CC)c1cc[n+](CC(=O)Nc2cccc3ccccc23)cc1. The number of carbonyl (C=O) groups is 1. The van der Waals surface area contributed by atoms with E-state index in [0.29, 0.717) is 12.5 Å². The number of hydrogen-bond acceptors (Lipinski definition) is 1. The van der Waals surface area contributed by atoms with Crippen LogP contribution in [0.1, 0.15) is 38.2 Å². The van der Waals surface area contributed by atoms with E-state index in [2.05, 4.69) is 43.4 Å². The van der Waals surface area contributed by atoms with Gasteiger partial charge in [-0.1, -0.05) is 50.2 Å². The van der Waals surface area contributed by atoms with E-state index in [0.717, 1.165) is 29.3 Å². The molecule has 3 heteroatoms. The molecule has 2 aromatic carbocycles. The number of anilines is 1. The molecule has 0 unspecified atom stereocenters. The molecule has 1 amide bonds. The van der Waals surface area contributed by atoms with Crippen molar-refractivity contribution in [3.05, 3.63) is 72.6 Å². The molecule has 1 aromatic heterocycles. The number of pyridine rings is 1. The van der Waals surface area contributed by atoms with Crippen molar-refractivity contribution in [1.29, 1.82) is 0 Å². The Bertz CT molecular complexity index is 846. The first-order valence-electron chi connectivity index (χ1n) is 8.98. The summed E-state index contributed by atoms with van der Waals surface area (Å²) >= 11 is 0.